The number of rotatable bonds is 1. The zero-order valence-electron chi connectivity index (χ0n) is 7.93. The number of carbonyl (C=O) groups excluding carboxylic acids is 1. The molecule has 4 nitrogen and oxygen atoms in total. The summed E-state index contributed by atoms with van der Waals surface area (Å²) in [6.45, 7) is 4.19. The third-order valence-corrected chi connectivity index (χ3v) is 2.82. The topological polar surface area (TPSA) is 50.4 Å². The van der Waals surface area contributed by atoms with Crippen molar-refractivity contribution in [3.8, 4) is 0 Å². The number of carbonyl (C=O) groups is 1. The highest BCUT2D eigenvalue weighted by molar-refractivity contribution is 5.73. The molecule has 13 heavy (non-hydrogen) atoms. The molecular formula is C9H16N2O2. The van der Waals surface area contributed by atoms with Gasteiger partial charge < -0.3 is 15.4 Å². The van der Waals surface area contributed by atoms with E-state index in [-0.39, 0.29) is 17.6 Å². The molecule has 2 atom stereocenters. The van der Waals surface area contributed by atoms with E-state index in [0.29, 0.717) is 6.61 Å². The average molecular weight is 184 g/mol. The van der Waals surface area contributed by atoms with E-state index in [0.717, 1.165) is 25.9 Å². The lowest BCUT2D eigenvalue weighted by molar-refractivity contribution is -0.119. The minimum atomic E-state index is 0.0209. The quantitative estimate of drug-likeness (QED) is 0.585. The van der Waals surface area contributed by atoms with E-state index >= 15 is 0 Å². The van der Waals surface area contributed by atoms with E-state index in [9.17, 15) is 4.79 Å². The molecule has 2 fully saturated rings. The van der Waals surface area contributed by atoms with Gasteiger partial charge in [-0.1, -0.05) is 0 Å². The van der Waals surface area contributed by atoms with Crippen LogP contribution in [0.3, 0.4) is 0 Å². The lowest BCUT2D eigenvalue weighted by Crippen LogP contribution is -2.36. The standard InChI is InChI=1S/C9H16N2O2/c1-7(12)11-8-4-9(13-5-8)2-3-10-6-9/h8,10H,2-6H2,1H3,(H,11,12)/t8-,9+/m0/s1. The molecule has 74 valence electrons. The lowest BCUT2D eigenvalue weighted by Gasteiger charge is -2.20. The summed E-state index contributed by atoms with van der Waals surface area (Å²) < 4.78 is 5.74. The van der Waals surface area contributed by atoms with Crippen molar-refractivity contribution in [1.29, 1.82) is 0 Å². The Balaban J connectivity index is 1.89. The van der Waals surface area contributed by atoms with Gasteiger partial charge in [0, 0.05) is 19.9 Å². The molecule has 0 aliphatic carbocycles. The van der Waals surface area contributed by atoms with Crippen molar-refractivity contribution in [3.63, 3.8) is 0 Å². The van der Waals surface area contributed by atoms with E-state index in [1.807, 2.05) is 0 Å². The average Bonchev–Trinajstić information content (AvgIpc) is 2.63. The van der Waals surface area contributed by atoms with E-state index in [1.165, 1.54) is 0 Å². The van der Waals surface area contributed by atoms with Gasteiger partial charge in [0.15, 0.2) is 0 Å². The predicted octanol–water partition coefficient (Wildman–Crippen LogP) is -0.357. The van der Waals surface area contributed by atoms with E-state index in [2.05, 4.69) is 10.6 Å². The highest BCUT2D eigenvalue weighted by Crippen LogP contribution is 2.31. The van der Waals surface area contributed by atoms with Crippen molar-refractivity contribution in [2.75, 3.05) is 19.7 Å². The molecule has 0 aromatic heterocycles. The summed E-state index contributed by atoms with van der Waals surface area (Å²) in [5, 5.41) is 6.19. The highest BCUT2D eigenvalue weighted by atomic mass is 16.5. The van der Waals surface area contributed by atoms with Crippen molar-refractivity contribution < 1.29 is 9.53 Å². The Hall–Kier alpha value is -0.610. The van der Waals surface area contributed by atoms with Gasteiger partial charge >= 0.3 is 0 Å². The van der Waals surface area contributed by atoms with Crippen LogP contribution in [0.25, 0.3) is 0 Å². The van der Waals surface area contributed by atoms with Crippen LogP contribution < -0.4 is 10.6 Å². The molecule has 2 aliphatic heterocycles. The summed E-state index contributed by atoms with van der Waals surface area (Å²) in [6.07, 6.45) is 2.03. The largest absolute Gasteiger partial charge is 0.371 e. The third-order valence-electron chi connectivity index (χ3n) is 2.82. The highest BCUT2D eigenvalue weighted by Gasteiger charge is 2.42. The van der Waals surface area contributed by atoms with Gasteiger partial charge in [0.25, 0.3) is 0 Å². The summed E-state index contributed by atoms with van der Waals surface area (Å²) in [4.78, 5) is 10.8. The van der Waals surface area contributed by atoms with Crippen LogP contribution in [-0.2, 0) is 9.53 Å². The Morgan fingerprint density at radius 1 is 1.69 bits per heavy atom. The fraction of sp³-hybridized carbons (Fsp3) is 0.889. The van der Waals surface area contributed by atoms with E-state index in [1.54, 1.807) is 6.92 Å². The predicted molar refractivity (Wildman–Crippen MR) is 48.4 cm³/mol. The Morgan fingerprint density at radius 2 is 2.54 bits per heavy atom. The Labute approximate surface area is 78.0 Å². The van der Waals surface area contributed by atoms with Gasteiger partial charge in [0.2, 0.25) is 5.91 Å². The SMILES string of the molecule is CC(=O)N[C@@H]1CO[C@]2(CCNC2)C1. The summed E-state index contributed by atoms with van der Waals surface area (Å²) >= 11 is 0. The molecule has 1 amide bonds. The second-order valence-corrected chi connectivity index (χ2v) is 4.02. The minimum absolute atomic E-state index is 0.0209. The maximum absolute atomic E-state index is 10.8. The first kappa shape index (κ1) is 8.97. The van der Waals surface area contributed by atoms with Gasteiger partial charge in [-0.15, -0.1) is 0 Å². The van der Waals surface area contributed by atoms with Crippen LogP contribution in [-0.4, -0.2) is 37.2 Å². The maximum Gasteiger partial charge on any atom is 0.217 e. The van der Waals surface area contributed by atoms with Crippen LogP contribution in [0, 0.1) is 0 Å². The van der Waals surface area contributed by atoms with Crippen molar-refractivity contribution in [3.05, 3.63) is 0 Å². The molecule has 2 rings (SSSR count). The number of hydrogen-bond donors (Lipinski definition) is 2. The van der Waals surface area contributed by atoms with E-state index < -0.39 is 0 Å². The first-order valence-corrected chi connectivity index (χ1v) is 4.82. The van der Waals surface area contributed by atoms with Crippen LogP contribution in [0.4, 0.5) is 0 Å². The fourth-order valence-corrected chi connectivity index (χ4v) is 2.24. The maximum atomic E-state index is 10.8. The molecule has 4 heteroatoms. The van der Waals surface area contributed by atoms with Gasteiger partial charge in [-0.3, -0.25) is 4.79 Å². The molecule has 0 bridgehead atoms. The monoisotopic (exact) mass is 184 g/mol. The Morgan fingerprint density at radius 3 is 3.15 bits per heavy atom. The molecule has 0 saturated carbocycles. The van der Waals surface area contributed by atoms with Gasteiger partial charge in [-0.05, 0) is 13.0 Å². The van der Waals surface area contributed by atoms with E-state index in [4.69, 9.17) is 4.74 Å². The molecule has 1 spiro atoms. The number of amides is 1. The van der Waals surface area contributed by atoms with Gasteiger partial charge in [-0.25, -0.2) is 0 Å². The first-order chi connectivity index (χ1) is 6.20. The molecule has 2 N–H and O–H groups in total. The molecular weight excluding hydrogens is 168 g/mol. The summed E-state index contributed by atoms with van der Waals surface area (Å²) in [5.41, 5.74) is 0.0209. The van der Waals surface area contributed by atoms with Crippen LogP contribution >= 0.6 is 0 Å². The minimum Gasteiger partial charge on any atom is -0.371 e. The molecule has 0 radical (unpaired) electrons. The summed E-state index contributed by atoms with van der Waals surface area (Å²) in [6, 6.07) is 0.220. The van der Waals surface area contributed by atoms with Crippen molar-refractivity contribution in [2.45, 2.75) is 31.4 Å². The van der Waals surface area contributed by atoms with Crippen LogP contribution in [0.15, 0.2) is 0 Å². The first-order valence-electron chi connectivity index (χ1n) is 4.82. The second-order valence-electron chi connectivity index (χ2n) is 4.02. The van der Waals surface area contributed by atoms with Crippen LogP contribution in [0.5, 0.6) is 0 Å². The van der Waals surface area contributed by atoms with Crippen LogP contribution in [0.2, 0.25) is 0 Å². The normalized spacial score (nSPS) is 38.4. The van der Waals surface area contributed by atoms with Crippen LogP contribution in [0.1, 0.15) is 19.8 Å². The smallest absolute Gasteiger partial charge is 0.217 e. The van der Waals surface area contributed by atoms with Gasteiger partial charge in [0.05, 0.1) is 18.2 Å². The van der Waals surface area contributed by atoms with Gasteiger partial charge in [-0.2, -0.15) is 0 Å². The summed E-state index contributed by atoms with van der Waals surface area (Å²) in [7, 11) is 0. The Bertz CT molecular complexity index is 212. The molecule has 2 saturated heterocycles. The Kier molecular flexibility index (Phi) is 2.26. The fourth-order valence-electron chi connectivity index (χ4n) is 2.24. The lowest BCUT2D eigenvalue weighted by atomic mass is 9.97. The van der Waals surface area contributed by atoms with Crippen molar-refractivity contribution in [1.82, 2.24) is 10.6 Å². The third kappa shape index (κ3) is 1.84. The molecule has 0 unspecified atom stereocenters. The zero-order chi connectivity index (χ0) is 9.31. The van der Waals surface area contributed by atoms with Gasteiger partial charge in [0.1, 0.15) is 0 Å². The molecule has 0 aromatic carbocycles. The summed E-state index contributed by atoms with van der Waals surface area (Å²) in [5.74, 6) is 0.0385. The molecule has 2 heterocycles. The zero-order valence-corrected chi connectivity index (χ0v) is 7.93. The number of ether oxygens (including phenoxy) is 1. The molecule has 2 aliphatic rings. The molecule has 0 aromatic rings. The number of hydrogen-bond acceptors (Lipinski definition) is 3. The van der Waals surface area contributed by atoms with Crippen molar-refractivity contribution >= 4 is 5.91 Å². The second kappa shape index (κ2) is 3.27. The number of nitrogens with one attached hydrogen (secondary N) is 2. The van der Waals surface area contributed by atoms with Crippen molar-refractivity contribution in [2.24, 2.45) is 0 Å².